The first-order valence-electron chi connectivity index (χ1n) is 5.78. The quantitative estimate of drug-likeness (QED) is 0.584. The Labute approximate surface area is 129 Å². The molecule has 0 aromatic heterocycles. The van der Waals surface area contributed by atoms with Crippen molar-refractivity contribution in [1.29, 1.82) is 0 Å². The zero-order valence-corrected chi connectivity index (χ0v) is 13.5. The number of nitrogens with one attached hydrogen (secondary N) is 1. The maximum Gasteiger partial charge on any atom is 0.312 e. The second-order valence-electron chi connectivity index (χ2n) is 4.02. The summed E-state index contributed by atoms with van der Waals surface area (Å²) in [6.07, 6.45) is 0. The zero-order chi connectivity index (χ0) is 15.3. The molecular formula is C11H18ClN3O5S. The van der Waals surface area contributed by atoms with Gasteiger partial charge in [-0.2, -0.15) is 4.31 Å². The Kier molecular flexibility index (Phi) is 7.58. The molecule has 0 aliphatic carbocycles. The Hall–Kier alpha value is -1.42. The number of halogens is 1. The normalized spacial score (nSPS) is 11.0. The third-order valence-corrected chi connectivity index (χ3v) is 4.58. The number of nitro benzene ring substituents is 1. The highest BCUT2D eigenvalue weighted by Crippen LogP contribution is 2.30. The van der Waals surface area contributed by atoms with Crippen molar-refractivity contribution in [3.63, 3.8) is 0 Å². The van der Waals surface area contributed by atoms with Crippen LogP contribution in [0.25, 0.3) is 0 Å². The summed E-state index contributed by atoms with van der Waals surface area (Å²) in [5.74, 6) is 0.0202. The van der Waals surface area contributed by atoms with Gasteiger partial charge < -0.3 is 10.1 Å². The minimum absolute atomic E-state index is 0. The van der Waals surface area contributed by atoms with E-state index in [1.165, 1.54) is 26.3 Å². The molecule has 8 nitrogen and oxygen atoms in total. The molecule has 0 radical (unpaired) electrons. The lowest BCUT2D eigenvalue weighted by Crippen LogP contribution is -2.32. The average molecular weight is 340 g/mol. The molecular weight excluding hydrogens is 322 g/mol. The van der Waals surface area contributed by atoms with Gasteiger partial charge in [-0.3, -0.25) is 10.1 Å². The molecule has 1 N–H and O–H groups in total. The lowest BCUT2D eigenvalue weighted by atomic mass is 10.3. The Bertz CT molecular complexity index is 594. The summed E-state index contributed by atoms with van der Waals surface area (Å²) < 4.78 is 30.5. The molecule has 0 saturated heterocycles. The summed E-state index contributed by atoms with van der Waals surface area (Å²) in [5, 5.41) is 13.7. The van der Waals surface area contributed by atoms with Crippen LogP contribution in [0, 0.1) is 10.1 Å². The molecule has 1 aromatic carbocycles. The highest BCUT2D eigenvalue weighted by Gasteiger charge is 2.25. The first kappa shape index (κ1) is 19.6. The van der Waals surface area contributed by atoms with Crippen molar-refractivity contribution >= 4 is 28.1 Å². The third-order valence-electron chi connectivity index (χ3n) is 2.73. The van der Waals surface area contributed by atoms with E-state index < -0.39 is 14.9 Å². The van der Waals surface area contributed by atoms with Crippen LogP contribution < -0.4 is 10.1 Å². The van der Waals surface area contributed by atoms with Crippen LogP contribution in [0.1, 0.15) is 0 Å². The Balaban J connectivity index is 0.00000400. The van der Waals surface area contributed by atoms with Gasteiger partial charge in [0.2, 0.25) is 10.0 Å². The molecule has 0 spiro atoms. The van der Waals surface area contributed by atoms with Gasteiger partial charge in [0.25, 0.3) is 0 Å². The molecule has 0 unspecified atom stereocenters. The van der Waals surface area contributed by atoms with E-state index in [2.05, 4.69) is 5.32 Å². The molecule has 0 aliphatic rings. The van der Waals surface area contributed by atoms with Crippen LogP contribution >= 0.6 is 12.4 Å². The van der Waals surface area contributed by atoms with Crippen LogP contribution in [0.15, 0.2) is 23.1 Å². The number of benzene rings is 1. The van der Waals surface area contributed by atoms with Crippen LogP contribution in [-0.4, -0.2) is 51.9 Å². The molecule has 1 aromatic rings. The fraction of sp³-hybridized carbons (Fsp3) is 0.455. The lowest BCUT2D eigenvalue weighted by Gasteiger charge is -2.17. The number of rotatable bonds is 7. The molecule has 10 heteroatoms. The number of ether oxygens (including phenoxy) is 1. The monoisotopic (exact) mass is 339 g/mol. The minimum Gasteiger partial charge on any atom is -0.490 e. The van der Waals surface area contributed by atoms with Crippen molar-refractivity contribution in [2.45, 2.75) is 4.90 Å². The van der Waals surface area contributed by atoms with Crippen molar-refractivity contribution < 1.29 is 18.1 Å². The lowest BCUT2D eigenvalue weighted by molar-refractivity contribution is -0.386. The highest BCUT2D eigenvalue weighted by molar-refractivity contribution is 7.89. The topological polar surface area (TPSA) is 102 Å². The van der Waals surface area contributed by atoms with Gasteiger partial charge in [0.05, 0.1) is 16.9 Å². The van der Waals surface area contributed by atoms with Crippen LogP contribution in [0.3, 0.4) is 0 Å². The number of likely N-dealkylation sites (N-methyl/N-ethyl adjacent to an activating group) is 2. The number of nitrogens with zero attached hydrogens (tertiary/aromatic N) is 2. The van der Waals surface area contributed by atoms with Crippen LogP contribution in [0.2, 0.25) is 0 Å². The fourth-order valence-electron chi connectivity index (χ4n) is 1.54. The maximum atomic E-state index is 12.2. The highest BCUT2D eigenvalue weighted by atomic mass is 35.5. The van der Waals surface area contributed by atoms with E-state index in [1.807, 2.05) is 0 Å². The van der Waals surface area contributed by atoms with Gasteiger partial charge >= 0.3 is 5.69 Å². The Morgan fingerprint density at radius 2 is 2.05 bits per heavy atom. The molecule has 0 aliphatic heterocycles. The van der Waals surface area contributed by atoms with Gasteiger partial charge in [0, 0.05) is 26.2 Å². The van der Waals surface area contributed by atoms with Gasteiger partial charge in [-0.15, -0.1) is 12.4 Å². The van der Waals surface area contributed by atoms with E-state index >= 15 is 0 Å². The van der Waals surface area contributed by atoms with Crippen molar-refractivity contribution in [3.05, 3.63) is 28.3 Å². The standard InChI is InChI=1S/C11H17N3O5S.ClH/c1-12-6-7-13(2)20(17,18)9-4-5-11(19-3)10(8-9)14(15)16;/h4-5,8,12H,6-7H2,1-3H3;1H. The fourth-order valence-corrected chi connectivity index (χ4v) is 2.73. The number of hydrogen-bond acceptors (Lipinski definition) is 6. The SMILES string of the molecule is CNCCN(C)S(=O)(=O)c1ccc(OC)c([N+](=O)[O-])c1.Cl. The smallest absolute Gasteiger partial charge is 0.312 e. The number of hydrogen-bond donors (Lipinski definition) is 1. The molecule has 0 bridgehead atoms. The molecule has 0 atom stereocenters. The predicted octanol–water partition coefficient (Wildman–Crippen LogP) is 0.865. The second kappa shape index (κ2) is 8.13. The van der Waals surface area contributed by atoms with E-state index in [9.17, 15) is 18.5 Å². The summed E-state index contributed by atoms with van der Waals surface area (Å²) in [6, 6.07) is 3.57. The van der Waals surface area contributed by atoms with E-state index in [0.29, 0.717) is 6.54 Å². The van der Waals surface area contributed by atoms with Gasteiger partial charge in [-0.1, -0.05) is 0 Å². The largest absolute Gasteiger partial charge is 0.490 e. The summed E-state index contributed by atoms with van der Waals surface area (Å²) >= 11 is 0. The molecule has 21 heavy (non-hydrogen) atoms. The van der Waals surface area contributed by atoms with E-state index in [1.54, 1.807) is 7.05 Å². The van der Waals surface area contributed by atoms with Gasteiger partial charge in [0.15, 0.2) is 5.75 Å². The second-order valence-corrected chi connectivity index (χ2v) is 6.07. The van der Waals surface area contributed by atoms with Crippen molar-refractivity contribution in [1.82, 2.24) is 9.62 Å². The van der Waals surface area contributed by atoms with E-state index in [4.69, 9.17) is 4.74 Å². The Morgan fingerprint density at radius 3 is 2.52 bits per heavy atom. The predicted molar refractivity (Wildman–Crippen MR) is 80.6 cm³/mol. The number of sulfonamides is 1. The number of nitro groups is 1. The van der Waals surface area contributed by atoms with Crippen molar-refractivity contribution in [2.24, 2.45) is 0 Å². The number of methoxy groups -OCH3 is 1. The molecule has 1 rings (SSSR count). The van der Waals surface area contributed by atoms with E-state index in [0.717, 1.165) is 10.4 Å². The van der Waals surface area contributed by atoms with Gasteiger partial charge in [-0.25, -0.2) is 8.42 Å². The van der Waals surface area contributed by atoms with Crippen molar-refractivity contribution in [2.75, 3.05) is 34.3 Å². The van der Waals surface area contributed by atoms with Crippen LogP contribution in [0.4, 0.5) is 5.69 Å². The van der Waals surface area contributed by atoms with Gasteiger partial charge in [-0.05, 0) is 19.2 Å². The first-order valence-corrected chi connectivity index (χ1v) is 7.22. The molecule has 120 valence electrons. The molecule has 0 saturated carbocycles. The molecule has 0 amide bonds. The third kappa shape index (κ3) is 4.53. The van der Waals surface area contributed by atoms with Gasteiger partial charge in [0.1, 0.15) is 0 Å². The minimum atomic E-state index is -3.76. The first-order chi connectivity index (χ1) is 9.34. The average Bonchev–Trinajstić information content (AvgIpc) is 2.43. The van der Waals surface area contributed by atoms with Crippen LogP contribution in [-0.2, 0) is 10.0 Å². The summed E-state index contributed by atoms with van der Waals surface area (Å²) in [5.41, 5.74) is -0.379. The van der Waals surface area contributed by atoms with Crippen molar-refractivity contribution in [3.8, 4) is 5.75 Å². The summed E-state index contributed by atoms with van der Waals surface area (Å²) in [4.78, 5) is 10.1. The van der Waals surface area contributed by atoms with E-state index in [-0.39, 0.29) is 35.3 Å². The maximum absolute atomic E-state index is 12.2. The summed E-state index contributed by atoms with van der Waals surface area (Å²) in [6.45, 7) is 0.743. The molecule has 0 fully saturated rings. The summed E-state index contributed by atoms with van der Waals surface area (Å²) in [7, 11) is 0.655. The Morgan fingerprint density at radius 1 is 1.43 bits per heavy atom. The van der Waals surface area contributed by atoms with Crippen LogP contribution in [0.5, 0.6) is 5.75 Å². The molecule has 0 heterocycles. The zero-order valence-electron chi connectivity index (χ0n) is 11.9.